The van der Waals surface area contributed by atoms with Crippen molar-refractivity contribution in [2.45, 2.75) is 20.4 Å². The highest BCUT2D eigenvalue weighted by atomic mass is 32.1. The molecule has 0 spiro atoms. The number of hydrogen-bond donors (Lipinski definition) is 2. The van der Waals surface area contributed by atoms with Crippen molar-refractivity contribution in [1.29, 1.82) is 0 Å². The molecule has 0 radical (unpaired) electrons. The number of aromatic nitrogens is 1. The summed E-state index contributed by atoms with van der Waals surface area (Å²) in [5.41, 5.74) is 0.298. The van der Waals surface area contributed by atoms with Crippen LogP contribution in [0.1, 0.15) is 25.7 Å². The van der Waals surface area contributed by atoms with Gasteiger partial charge in [-0.15, -0.1) is 11.3 Å². The molecule has 7 nitrogen and oxygen atoms in total. The molecule has 2 aromatic rings. The zero-order valence-corrected chi connectivity index (χ0v) is 12.2. The van der Waals surface area contributed by atoms with E-state index < -0.39 is 16.6 Å². The van der Waals surface area contributed by atoms with Gasteiger partial charge >= 0.3 is 11.7 Å². The first-order valence-corrected chi connectivity index (χ1v) is 6.87. The van der Waals surface area contributed by atoms with E-state index in [1.165, 1.54) is 16.5 Å². The van der Waals surface area contributed by atoms with Gasteiger partial charge in [-0.05, 0) is 25.5 Å². The van der Waals surface area contributed by atoms with Gasteiger partial charge in [0, 0.05) is 15.8 Å². The Morgan fingerprint density at radius 2 is 2.19 bits per heavy atom. The highest BCUT2D eigenvalue weighted by Gasteiger charge is 2.21. The van der Waals surface area contributed by atoms with Crippen LogP contribution >= 0.6 is 11.3 Å². The fourth-order valence-electron chi connectivity index (χ4n) is 1.78. The van der Waals surface area contributed by atoms with Crippen LogP contribution in [0.2, 0.25) is 0 Å². The molecular formula is C13H13N3O4S. The number of pyridine rings is 1. The molecular weight excluding hydrogens is 294 g/mol. The van der Waals surface area contributed by atoms with Crippen LogP contribution in [-0.4, -0.2) is 21.0 Å². The number of nitrogens with one attached hydrogen (secondary N) is 1. The number of nitrogens with zero attached hydrogens (tertiary/aromatic N) is 2. The molecule has 0 saturated carbocycles. The summed E-state index contributed by atoms with van der Waals surface area (Å²) in [7, 11) is 0. The van der Waals surface area contributed by atoms with Gasteiger partial charge in [0.25, 0.3) is 0 Å². The summed E-state index contributed by atoms with van der Waals surface area (Å²) in [4.78, 5) is 27.2. The molecule has 2 aromatic heterocycles. The van der Waals surface area contributed by atoms with Gasteiger partial charge in [0.05, 0.1) is 11.5 Å². The van der Waals surface area contributed by atoms with Crippen LogP contribution in [0.15, 0.2) is 18.3 Å². The maximum absolute atomic E-state index is 11.0. The monoisotopic (exact) mass is 307 g/mol. The summed E-state index contributed by atoms with van der Waals surface area (Å²) < 4.78 is 0. The quantitative estimate of drug-likeness (QED) is 0.650. The molecule has 0 atom stereocenters. The maximum atomic E-state index is 11.0. The molecule has 0 aliphatic carbocycles. The van der Waals surface area contributed by atoms with Crippen LogP contribution < -0.4 is 5.32 Å². The number of anilines is 1. The van der Waals surface area contributed by atoms with Crippen molar-refractivity contribution in [1.82, 2.24) is 4.98 Å². The minimum Gasteiger partial charge on any atom is -0.477 e. The van der Waals surface area contributed by atoms with Crippen LogP contribution in [0.5, 0.6) is 0 Å². The molecule has 0 bridgehead atoms. The summed E-state index contributed by atoms with van der Waals surface area (Å²) >= 11 is 1.64. The first kappa shape index (κ1) is 14.9. The van der Waals surface area contributed by atoms with Crippen molar-refractivity contribution in [3.8, 4) is 0 Å². The number of rotatable bonds is 5. The Labute approximate surface area is 124 Å². The molecule has 0 aliphatic heterocycles. The molecule has 21 heavy (non-hydrogen) atoms. The van der Waals surface area contributed by atoms with E-state index in [-0.39, 0.29) is 5.56 Å². The average Bonchev–Trinajstić information content (AvgIpc) is 2.75. The molecule has 8 heteroatoms. The van der Waals surface area contributed by atoms with Gasteiger partial charge in [0.1, 0.15) is 17.6 Å². The number of thiophene rings is 1. The minimum absolute atomic E-state index is 0.293. The standard InChI is InChI=1S/C13H13N3O4S/c1-7-3-9(21-8(7)2)5-14-12-4-10(13(17)18)11(6-15-12)16(19)20/h3-4,6H,5H2,1-2H3,(H,14,15)(H,17,18). The lowest BCUT2D eigenvalue weighted by molar-refractivity contribution is -0.385. The number of carbonyl (C=O) groups is 1. The number of hydrogen-bond acceptors (Lipinski definition) is 6. The van der Waals surface area contributed by atoms with Crippen molar-refractivity contribution < 1.29 is 14.8 Å². The normalized spacial score (nSPS) is 10.4. The molecule has 0 fully saturated rings. The van der Waals surface area contributed by atoms with E-state index in [1.54, 1.807) is 11.3 Å². The lowest BCUT2D eigenvalue weighted by Crippen LogP contribution is -2.06. The number of carboxylic acid groups (broad SMARTS) is 1. The van der Waals surface area contributed by atoms with Gasteiger partial charge in [-0.1, -0.05) is 0 Å². The van der Waals surface area contributed by atoms with Crippen molar-refractivity contribution in [2.75, 3.05) is 5.32 Å². The molecule has 110 valence electrons. The van der Waals surface area contributed by atoms with Gasteiger partial charge in [-0.2, -0.15) is 0 Å². The fraction of sp³-hybridized carbons (Fsp3) is 0.231. The van der Waals surface area contributed by atoms with Gasteiger partial charge in [0.15, 0.2) is 0 Å². The molecule has 0 aromatic carbocycles. The first-order chi connectivity index (χ1) is 9.88. The van der Waals surface area contributed by atoms with E-state index in [2.05, 4.69) is 10.3 Å². The van der Waals surface area contributed by atoms with Gasteiger partial charge in [0.2, 0.25) is 0 Å². The van der Waals surface area contributed by atoms with Crippen molar-refractivity contribution in [2.24, 2.45) is 0 Å². The molecule has 0 amide bonds. The van der Waals surface area contributed by atoms with Gasteiger partial charge in [-0.3, -0.25) is 10.1 Å². The molecule has 2 rings (SSSR count). The van der Waals surface area contributed by atoms with Crippen LogP contribution in [0.3, 0.4) is 0 Å². The van der Waals surface area contributed by atoms with E-state index >= 15 is 0 Å². The smallest absolute Gasteiger partial charge is 0.342 e. The van der Waals surface area contributed by atoms with Crippen molar-refractivity contribution in [3.05, 3.63) is 49.3 Å². The largest absolute Gasteiger partial charge is 0.477 e. The van der Waals surface area contributed by atoms with Crippen molar-refractivity contribution in [3.63, 3.8) is 0 Å². The number of carboxylic acids is 1. The van der Waals surface area contributed by atoms with Crippen LogP contribution in [0.4, 0.5) is 11.5 Å². The van der Waals surface area contributed by atoms with E-state index in [1.807, 2.05) is 19.9 Å². The van der Waals surface area contributed by atoms with Crippen LogP contribution in [-0.2, 0) is 6.54 Å². The second kappa shape index (κ2) is 5.88. The molecule has 2 heterocycles. The summed E-state index contributed by atoms with van der Waals surface area (Å²) in [6.07, 6.45) is 0.955. The Bertz CT molecular complexity index is 692. The van der Waals surface area contributed by atoms with E-state index in [9.17, 15) is 14.9 Å². The van der Waals surface area contributed by atoms with Crippen molar-refractivity contribution >= 4 is 28.8 Å². The lowest BCUT2D eigenvalue weighted by Gasteiger charge is -2.05. The van der Waals surface area contributed by atoms with Gasteiger partial charge < -0.3 is 10.4 Å². The minimum atomic E-state index is -1.35. The third kappa shape index (κ3) is 3.34. The second-order valence-electron chi connectivity index (χ2n) is 4.45. The highest BCUT2D eigenvalue weighted by Crippen LogP contribution is 2.23. The molecule has 2 N–H and O–H groups in total. The lowest BCUT2D eigenvalue weighted by atomic mass is 10.2. The fourth-order valence-corrected chi connectivity index (χ4v) is 2.77. The van der Waals surface area contributed by atoms with E-state index in [0.29, 0.717) is 12.4 Å². The third-order valence-electron chi connectivity index (χ3n) is 2.97. The zero-order chi connectivity index (χ0) is 15.6. The summed E-state index contributed by atoms with van der Waals surface area (Å²) in [5.74, 6) is -1.06. The molecule has 0 unspecified atom stereocenters. The van der Waals surface area contributed by atoms with E-state index in [0.717, 1.165) is 11.1 Å². The predicted octanol–water partition coefficient (Wildman–Crippen LogP) is 2.98. The number of aromatic carboxylic acids is 1. The number of aryl methyl sites for hydroxylation is 2. The summed E-state index contributed by atoms with van der Waals surface area (Å²) in [6.45, 7) is 4.53. The van der Waals surface area contributed by atoms with Gasteiger partial charge in [-0.25, -0.2) is 9.78 Å². The predicted molar refractivity (Wildman–Crippen MR) is 79.0 cm³/mol. The highest BCUT2D eigenvalue weighted by molar-refractivity contribution is 7.12. The molecule has 0 aliphatic rings. The van der Waals surface area contributed by atoms with Crippen LogP contribution in [0.25, 0.3) is 0 Å². The average molecular weight is 307 g/mol. The Morgan fingerprint density at radius 3 is 2.71 bits per heavy atom. The van der Waals surface area contributed by atoms with E-state index in [4.69, 9.17) is 5.11 Å². The first-order valence-electron chi connectivity index (χ1n) is 6.06. The second-order valence-corrected chi connectivity index (χ2v) is 5.80. The SMILES string of the molecule is Cc1cc(CNc2cc(C(=O)O)c([N+](=O)[O-])cn2)sc1C. The summed E-state index contributed by atoms with van der Waals surface area (Å²) in [5, 5.41) is 22.7. The summed E-state index contributed by atoms with van der Waals surface area (Å²) in [6, 6.07) is 3.21. The Balaban J connectivity index is 2.19. The topological polar surface area (TPSA) is 105 Å². The zero-order valence-electron chi connectivity index (χ0n) is 11.4. The van der Waals surface area contributed by atoms with Crippen LogP contribution in [0, 0.1) is 24.0 Å². The Hall–Kier alpha value is -2.48. The maximum Gasteiger partial charge on any atom is 0.342 e. The Kier molecular flexibility index (Phi) is 4.18. The third-order valence-corrected chi connectivity index (χ3v) is 4.12. The Morgan fingerprint density at radius 1 is 1.48 bits per heavy atom. The molecule has 0 saturated heterocycles. The number of nitro groups is 1.